The second-order valence-electron chi connectivity index (χ2n) is 2.73. The van der Waals surface area contributed by atoms with Gasteiger partial charge in [-0.15, -0.1) is 0 Å². The number of rotatable bonds is 1. The van der Waals surface area contributed by atoms with E-state index in [1.807, 2.05) is 6.92 Å². The van der Waals surface area contributed by atoms with Crippen molar-refractivity contribution >= 4 is 16.8 Å². The predicted molar refractivity (Wildman–Crippen MR) is 41.9 cm³/mol. The van der Waals surface area contributed by atoms with E-state index < -0.39 is 22.8 Å². The van der Waals surface area contributed by atoms with Crippen LogP contribution in [0.4, 0.5) is 0 Å². The molecule has 0 radical (unpaired) electrons. The Labute approximate surface area is 67.4 Å². The SMILES string of the molecule is C[C@@H]1C[S@](=O)C[C@@H](C(=O)O)N1. The molecule has 0 aromatic rings. The molecule has 0 saturated carbocycles. The van der Waals surface area contributed by atoms with Gasteiger partial charge in [0.2, 0.25) is 0 Å². The highest BCUT2D eigenvalue weighted by molar-refractivity contribution is 7.85. The van der Waals surface area contributed by atoms with Gasteiger partial charge in [0.1, 0.15) is 6.04 Å². The highest BCUT2D eigenvalue weighted by Gasteiger charge is 2.27. The van der Waals surface area contributed by atoms with Crippen molar-refractivity contribution in [2.24, 2.45) is 0 Å². The fourth-order valence-corrected chi connectivity index (χ4v) is 2.52. The summed E-state index contributed by atoms with van der Waals surface area (Å²) in [5.74, 6) is -0.117. The van der Waals surface area contributed by atoms with Gasteiger partial charge in [-0.1, -0.05) is 0 Å². The van der Waals surface area contributed by atoms with Crippen molar-refractivity contribution in [1.29, 1.82) is 0 Å². The summed E-state index contributed by atoms with van der Waals surface area (Å²) in [4.78, 5) is 10.4. The summed E-state index contributed by atoms with van der Waals surface area (Å²) >= 11 is 0. The number of hydrogen-bond acceptors (Lipinski definition) is 3. The number of carboxylic acids is 1. The maximum Gasteiger partial charge on any atom is 0.321 e. The van der Waals surface area contributed by atoms with Crippen LogP contribution in [0.1, 0.15) is 6.92 Å². The molecule has 3 atom stereocenters. The molecule has 1 heterocycles. The Morgan fingerprint density at radius 3 is 2.73 bits per heavy atom. The first-order valence-electron chi connectivity index (χ1n) is 3.43. The summed E-state index contributed by atoms with van der Waals surface area (Å²) in [7, 11) is -0.964. The molecule has 1 aliphatic heterocycles. The van der Waals surface area contributed by atoms with E-state index >= 15 is 0 Å². The van der Waals surface area contributed by atoms with Gasteiger partial charge in [0, 0.05) is 28.3 Å². The van der Waals surface area contributed by atoms with E-state index in [1.54, 1.807) is 0 Å². The maximum atomic E-state index is 11.0. The van der Waals surface area contributed by atoms with Crippen molar-refractivity contribution in [2.45, 2.75) is 19.0 Å². The lowest BCUT2D eigenvalue weighted by Crippen LogP contribution is -2.52. The van der Waals surface area contributed by atoms with E-state index in [4.69, 9.17) is 5.11 Å². The van der Waals surface area contributed by atoms with Gasteiger partial charge in [0.05, 0.1) is 0 Å². The smallest absolute Gasteiger partial charge is 0.321 e. The van der Waals surface area contributed by atoms with Crippen molar-refractivity contribution in [2.75, 3.05) is 11.5 Å². The summed E-state index contributed by atoms with van der Waals surface area (Å²) in [6, 6.07) is -0.578. The van der Waals surface area contributed by atoms with Gasteiger partial charge in [-0.05, 0) is 6.92 Å². The highest BCUT2D eigenvalue weighted by atomic mass is 32.2. The molecule has 4 nitrogen and oxygen atoms in total. The number of nitrogens with one attached hydrogen (secondary N) is 1. The van der Waals surface area contributed by atoms with Crippen molar-refractivity contribution in [3.63, 3.8) is 0 Å². The molecule has 1 saturated heterocycles. The molecule has 0 aromatic heterocycles. The number of aliphatic carboxylic acids is 1. The van der Waals surface area contributed by atoms with Crippen LogP contribution in [0.2, 0.25) is 0 Å². The van der Waals surface area contributed by atoms with Crippen LogP contribution >= 0.6 is 0 Å². The zero-order valence-corrected chi connectivity index (χ0v) is 7.06. The molecule has 0 spiro atoms. The maximum absolute atomic E-state index is 11.0. The van der Waals surface area contributed by atoms with Gasteiger partial charge in [-0.3, -0.25) is 9.00 Å². The first-order valence-corrected chi connectivity index (χ1v) is 4.92. The highest BCUT2D eigenvalue weighted by Crippen LogP contribution is 2.02. The van der Waals surface area contributed by atoms with Crippen LogP contribution in [0.5, 0.6) is 0 Å². The van der Waals surface area contributed by atoms with Crippen molar-refractivity contribution in [1.82, 2.24) is 5.32 Å². The second-order valence-corrected chi connectivity index (χ2v) is 4.28. The molecule has 0 aliphatic carbocycles. The topological polar surface area (TPSA) is 66.4 Å². The molecule has 0 aromatic carbocycles. The molecule has 0 amide bonds. The van der Waals surface area contributed by atoms with Gasteiger partial charge < -0.3 is 10.4 Å². The van der Waals surface area contributed by atoms with E-state index in [2.05, 4.69) is 5.32 Å². The Balaban J connectivity index is 2.56. The third-order valence-electron chi connectivity index (χ3n) is 1.57. The van der Waals surface area contributed by atoms with E-state index in [0.717, 1.165) is 0 Å². The zero-order chi connectivity index (χ0) is 8.43. The summed E-state index contributed by atoms with van der Waals surface area (Å²) in [5, 5.41) is 11.4. The number of carboxylic acid groups (broad SMARTS) is 1. The van der Waals surface area contributed by atoms with Crippen molar-refractivity contribution in [3.05, 3.63) is 0 Å². The largest absolute Gasteiger partial charge is 0.480 e. The van der Waals surface area contributed by atoms with Gasteiger partial charge >= 0.3 is 5.97 Å². The first-order chi connectivity index (χ1) is 5.09. The average Bonchev–Trinajstić information content (AvgIpc) is 1.85. The van der Waals surface area contributed by atoms with Gasteiger partial charge in [-0.25, -0.2) is 0 Å². The molecule has 0 bridgehead atoms. The third kappa shape index (κ3) is 2.27. The van der Waals surface area contributed by atoms with E-state index in [1.165, 1.54) is 0 Å². The molecule has 5 heteroatoms. The molecular formula is C6H11NO3S. The van der Waals surface area contributed by atoms with E-state index in [9.17, 15) is 9.00 Å². The summed E-state index contributed by atoms with van der Waals surface area (Å²) in [5.41, 5.74) is 0. The molecule has 0 unspecified atom stereocenters. The average molecular weight is 177 g/mol. The fraction of sp³-hybridized carbons (Fsp3) is 0.833. The van der Waals surface area contributed by atoms with Gasteiger partial charge in [-0.2, -0.15) is 0 Å². The number of hydrogen-bond donors (Lipinski definition) is 2. The monoisotopic (exact) mass is 177 g/mol. The van der Waals surface area contributed by atoms with Crippen LogP contribution in [0.25, 0.3) is 0 Å². The Morgan fingerprint density at radius 1 is 1.64 bits per heavy atom. The normalized spacial score (nSPS) is 38.5. The lowest BCUT2D eigenvalue weighted by atomic mass is 10.3. The Hall–Kier alpha value is -0.420. The molecule has 1 fully saturated rings. The van der Waals surface area contributed by atoms with Crippen molar-refractivity contribution < 1.29 is 14.1 Å². The van der Waals surface area contributed by atoms with E-state index in [-0.39, 0.29) is 11.8 Å². The molecular weight excluding hydrogens is 166 g/mol. The molecule has 11 heavy (non-hydrogen) atoms. The fourth-order valence-electron chi connectivity index (χ4n) is 1.12. The molecule has 64 valence electrons. The minimum Gasteiger partial charge on any atom is -0.480 e. The van der Waals surface area contributed by atoms with Gasteiger partial charge in [0.15, 0.2) is 0 Å². The number of carbonyl (C=O) groups is 1. The van der Waals surface area contributed by atoms with Gasteiger partial charge in [0.25, 0.3) is 0 Å². The Kier molecular flexibility index (Phi) is 2.62. The summed E-state index contributed by atoms with van der Waals surface area (Å²) in [6.07, 6.45) is 0. The zero-order valence-electron chi connectivity index (χ0n) is 6.24. The quantitative estimate of drug-likeness (QED) is 0.549. The van der Waals surface area contributed by atoms with E-state index in [0.29, 0.717) is 5.75 Å². The van der Waals surface area contributed by atoms with Crippen LogP contribution in [0, 0.1) is 0 Å². The minimum absolute atomic E-state index is 0.0469. The standard InChI is InChI=1S/C6H11NO3S/c1-4-2-11(10)3-5(7-4)6(8)9/h4-5,7H,2-3H2,1H3,(H,8,9)/t4-,5+,11+/m1/s1. The Bertz CT molecular complexity index is 194. The molecule has 1 rings (SSSR count). The predicted octanol–water partition coefficient (Wildman–Crippen LogP) is -0.820. The molecule has 1 aliphatic rings. The van der Waals surface area contributed by atoms with Crippen LogP contribution < -0.4 is 5.32 Å². The van der Waals surface area contributed by atoms with Crippen LogP contribution in [0.15, 0.2) is 0 Å². The van der Waals surface area contributed by atoms with Crippen LogP contribution in [-0.4, -0.2) is 38.9 Å². The van der Waals surface area contributed by atoms with Crippen molar-refractivity contribution in [3.8, 4) is 0 Å². The lowest BCUT2D eigenvalue weighted by Gasteiger charge is -2.24. The first kappa shape index (κ1) is 8.67. The third-order valence-corrected chi connectivity index (χ3v) is 3.15. The minimum atomic E-state index is -0.964. The second kappa shape index (κ2) is 3.32. The summed E-state index contributed by atoms with van der Waals surface area (Å²) < 4.78 is 11.0. The molecule has 2 N–H and O–H groups in total. The van der Waals surface area contributed by atoms with Crippen LogP contribution in [0.3, 0.4) is 0 Å². The Morgan fingerprint density at radius 2 is 2.27 bits per heavy atom. The van der Waals surface area contributed by atoms with Crippen LogP contribution in [-0.2, 0) is 15.6 Å². The summed E-state index contributed by atoms with van der Waals surface area (Å²) in [6.45, 7) is 1.84. The lowest BCUT2D eigenvalue weighted by molar-refractivity contribution is -0.139.